The molecule has 22 heavy (non-hydrogen) atoms. The van der Waals surface area contributed by atoms with Gasteiger partial charge >= 0.3 is 12.1 Å². The number of aliphatic carboxylic acids is 1. The van der Waals surface area contributed by atoms with Crippen molar-refractivity contribution in [2.24, 2.45) is 11.8 Å². The Balaban J connectivity index is 2.22. The predicted molar refractivity (Wildman–Crippen MR) is 70.0 cm³/mol. The lowest BCUT2D eigenvalue weighted by Crippen LogP contribution is -2.33. The Morgan fingerprint density at radius 3 is 2.45 bits per heavy atom. The van der Waals surface area contributed by atoms with Crippen LogP contribution < -0.4 is 0 Å². The molecule has 1 saturated heterocycles. The van der Waals surface area contributed by atoms with E-state index in [0.29, 0.717) is 0 Å². The van der Waals surface area contributed by atoms with Crippen molar-refractivity contribution in [2.45, 2.75) is 12.7 Å². The summed E-state index contributed by atoms with van der Waals surface area (Å²) in [7, 11) is 0. The first-order chi connectivity index (χ1) is 10.1. The van der Waals surface area contributed by atoms with Crippen molar-refractivity contribution >= 4 is 21.9 Å². The van der Waals surface area contributed by atoms with Gasteiger partial charge in [0.25, 0.3) is 0 Å². The van der Waals surface area contributed by atoms with E-state index in [-0.39, 0.29) is 10.0 Å². The molecule has 0 bridgehead atoms. The smallest absolute Gasteiger partial charge is 0.393 e. The summed E-state index contributed by atoms with van der Waals surface area (Å²) >= 11 is 2.87. The fraction of sp³-hybridized carbons (Fsp3) is 0.462. The number of alkyl halides is 3. The standard InChI is InChI=1S/C13H11BrF5NO2/c14-9-1-2-10(15)7(11(9)16)4-20-3-6(12(21)22)8(5-20)13(17,18)19/h1-2,6,8H,3-5H2,(H,21,22)/t6-,8-/m1/s1. The molecule has 1 aromatic rings. The number of likely N-dealkylation sites (tertiary alicyclic amines) is 1. The second-order valence-electron chi connectivity index (χ2n) is 5.11. The molecule has 2 rings (SSSR count). The Bertz CT molecular complexity index is 593. The van der Waals surface area contributed by atoms with E-state index in [2.05, 4.69) is 15.9 Å². The topological polar surface area (TPSA) is 40.5 Å². The van der Waals surface area contributed by atoms with Crippen molar-refractivity contribution in [1.82, 2.24) is 4.90 Å². The number of carboxylic acids is 1. The van der Waals surface area contributed by atoms with Gasteiger partial charge < -0.3 is 5.11 Å². The van der Waals surface area contributed by atoms with E-state index in [1.165, 1.54) is 0 Å². The third kappa shape index (κ3) is 3.40. The molecule has 1 aromatic carbocycles. The number of hydrogen-bond acceptors (Lipinski definition) is 2. The molecule has 0 radical (unpaired) electrons. The number of nitrogens with zero attached hydrogens (tertiary/aromatic N) is 1. The molecule has 1 aliphatic heterocycles. The van der Waals surface area contributed by atoms with Gasteiger partial charge in [0.1, 0.15) is 11.6 Å². The summed E-state index contributed by atoms with van der Waals surface area (Å²) in [4.78, 5) is 12.1. The molecule has 0 unspecified atom stereocenters. The zero-order valence-corrected chi connectivity index (χ0v) is 12.6. The fourth-order valence-electron chi connectivity index (χ4n) is 2.53. The van der Waals surface area contributed by atoms with Crippen LogP contribution in [0.2, 0.25) is 0 Å². The summed E-state index contributed by atoms with van der Waals surface area (Å²) in [5, 5.41) is 8.90. The third-order valence-electron chi connectivity index (χ3n) is 3.65. The van der Waals surface area contributed by atoms with E-state index in [4.69, 9.17) is 5.11 Å². The maximum absolute atomic E-state index is 13.9. The van der Waals surface area contributed by atoms with E-state index in [0.717, 1.165) is 17.0 Å². The Labute approximate surface area is 130 Å². The quantitative estimate of drug-likeness (QED) is 0.638. The van der Waals surface area contributed by atoms with Gasteiger partial charge in [0.15, 0.2) is 0 Å². The molecular weight excluding hydrogens is 377 g/mol. The van der Waals surface area contributed by atoms with Crippen molar-refractivity contribution < 1.29 is 31.9 Å². The third-order valence-corrected chi connectivity index (χ3v) is 4.27. The lowest BCUT2D eigenvalue weighted by Gasteiger charge is -2.19. The predicted octanol–water partition coefficient (Wildman–Crippen LogP) is 3.42. The Hall–Kier alpha value is -1.22. The Morgan fingerprint density at radius 2 is 1.95 bits per heavy atom. The number of rotatable bonds is 3. The highest BCUT2D eigenvalue weighted by molar-refractivity contribution is 9.10. The van der Waals surface area contributed by atoms with E-state index in [9.17, 15) is 26.7 Å². The van der Waals surface area contributed by atoms with Crippen LogP contribution in [0.3, 0.4) is 0 Å². The minimum Gasteiger partial charge on any atom is -0.481 e. The zero-order valence-electron chi connectivity index (χ0n) is 11.0. The van der Waals surface area contributed by atoms with Gasteiger partial charge in [0.2, 0.25) is 0 Å². The van der Waals surface area contributed by atoms with Gasteiger partial charge in [-0.3, -0.25) is 9.69 Å². The van der Waals surface area contributed by atoms with Crippen LogP contribution in [-0.2, 0) is 11.3 Å². The average molecular weight is 388 g/mol. The van der Waals surface area contributed by atoms with Gasteiger partial charge in [-0.25, -0.2) is 8.78 Å². The van der Waals surface area contributed by atoms with Gasteiger partial charge in [0, 0.05) is 25.2 Å². The highest BCUT2D eigenvalue weighted by atomic mass is 79.9. The fourth-order valence-corrected chi connectivity index (χ4v) is 2.91. The summed E-state index contributed by atoms with van der Waals surface area (Å²) in [5.41, 5.74) is -0.388. The Kier molecular flexibility index (Phi) is 4.76. The first-order valence-corrected chi connectivity index (χ1v) is 7.04. The zero-order chi connectivity index (χ0) is 16.7. The van der Waals surface area contributed by atoms with Crippen molar-refractivity contribution in [3.05, 3.63) is 33.8 Å². The van der Waals surface area contributed by atoms with Crippen LogP contribution in [0, 0.1) is 23.5 Å². The molecule has 0 aromatic heterocycles. The monoisotopic (exact) mass is 387 g/mol. The SMILES string of the molecule is O=C(O)[C@@H]1CN(Cc2c(F)ccc(Br)c2F)C[C@H]1C(F)(F)F. The van der Waals surface area contributed by atoms with E-state index in [1.54, 1.807) is 0 Å². The molecule has 1 aliphatic rings. The number of carbonyl (C=O) groups is 1. The summed E-state index contributed by atoms with van der Waals surface area (Å²) in [6.45, 7) is -1.44. The second kappa shape index (κ2) is 6.11. The molecule has 122 valence electrons. The minimum atomic E-state index is -4.67. The summed E-state index contributed by atoms with van der Waals surface area (Å²) in [6, 6.07) is 2.14. The number of hydrogen-bond donors (Lipinski definition) is 1. The number of benzene rings is 1. The van der Waals surface area contributed by atoms with E-state index < -0.39 is 55.3 Å². The number of carboxylic acid groups (broad SMARTS) is 1. The molecule has 0 spiro atoms. The molecule has 0 amide bonds. The molecule has 0 aliphatic carbocycles. The van der Waals surface area contributed by atoms with Crippen molar-refractivity contribution in [3.63, 3.8) is 0 Å². The highest BCUT2D eigenvalue weighted by Gasteiger charge is 2.52. The van der Waals surface area contributed by atoms with Crippen LogP contribution in [0.15, 0.2) is 16.6 Å². The van der Waals surface area contributed by atoms with Crippen molar-refractivity contribution in [3.8, 4) is 0 Å². The number of halogens is 6. The lowest BCUT2D eigenvalue weighted by molar-refractivity contribution is -0.188. The molecular formula is C13H11BrF5NO2. The molecule has 1 N–H and O–H groups in total. The summed E-state index contributed by atoms with van der Waals surface area (Å²) < 4.78 is 66.1. The van der Waals surface area contributed by atoms with E-state index >= 15 is 0 Å². The van der Waals surface area contributed by atoms with Crippen molar-refractivity contribution in [2.75, 3.05) is 13.1 Å². The van der Waals surface area contributed by atoms with Crippen LogP contribution in [0.4, 0.5) is 22.0 Å². The van der Waals surface area contributed by atoms with Crippen LogP contribution in [-0.4, -0.2) is 35.2 Å². The van der Waals surface area contributed by atoms with Gasteiger partial charge in [-0.05, 0) is 28.1 Å². The summed E-state index contributed by atoms with van der Waals surface area (Å²) in [5.74, 6) is -7.05. The first-order valence-electron chi connectivity index (χ1n) is 6.25. The summed E-state index contributed by atoms with van der Waals surface area (Å²) in [6.07, 6.45) is -4.67. The van der Waals surface area contributed by atoms with Gasteiger partial charge in [-0.1, -0.05) is 0 Å². The highest BCUT2D eigenvalue weighted by Crippen LogP contribution is 2.38. The second-order valence-corrected chi connectivity index (χ2v) is 5.96. The van der Waals surface area contributed by atoms with E-state index in [1.807, 2.05) is 0 Å². The molecule has 3 nitrogen and oxygen atoms in total. The van der Waals surface area contributed by atoms with Crippen molar-refractivity contribution in [1.29, 1.82) is 0 Å². The molecule has 9 heteroatoms. The normalized spacial score (nSPS) is 23.0. The van der Waals surface area contributed by atoms with Gasteiger partial charge in [-0.2, -0.15) is 13.2 Å². The minimum absolute atomic E-state index is 0.00903. The molecule has 2 atom stereocenters. The van der Waals surface area contributed by atoms with Crippen LogP contribution in [0.25, 0.3) is 0 Å². The lowest BCUT2D eigenvalue weighted by atomic mass is 9.96. The molecule has 0 saturated carbocycles. The average Bonchev–Trinajstić information content (AvgIpc) is 2.83. The van der Waals surface area contributed by atoms with Crippen LogP contribution >= 0.6 is 15.9 Å². The first kappa shape index (κ1) is 17.1. The van der Waals surface area contributed by atoms with Crippen LogP contribution in [0.5, 0.6) is 0 Å². The van der Waals surface area contributed by atoms with Gasteiger partial charge in [-0.15, -0.1) is 0 Å². The molecule has 1 heterocycles. The van der Waals surface area contributed by atoms with Crippen LogP contribution in [0.1, 0.15) is 5.56 Å². The molecule has 1 fully saturated rings. The maximum Gasteiger partial charge on any atom is 0.393 e. The van der Waals surface area contributed by atoms with Gasteiger partial charge in [0.05, 0.1) is 16.3 Å². The largest absolute Gasteiger partial charge is 0.481 e. The Morgan fingerprint density at radius 1 is 1.32 bits per heavy atom. The maximum atomic E-state index is 13.9.